The largest absolute Gasteiger partial charge is 0.496 e. The second kappa shape index (κ2) is 4.86. The molecule has 0 spiro atoms. The van der Waals surface area contributed by atoms with Crippen LogP contribution in [0.4, 0.5) is 4.79 Å². The van der Waals surface area contributed by atoms with Gasteiger partial charge >= 0.3 is 6.03 Å². The number of methoxy groups -OCH3 is 1. The number of rotatable bonds is 3. The van der Waals surface area contributed by atoms with Crippen molar-refractivity contribution in [3.63, 3.8) is 0 Å². The summed E-state index contributed by atoms with van der Waals surface area (Å²) in [6.45, 7) is 0. The zero-order valence-corrected chi connectivity index (χ0v) is 7.73. The molecule has 5 nitrogen and oxygen atoms in total. The highest BCUT2D eigenvalue weighted by Gasteiger charge is 1.96. The lowest BCUT2D eigenvalue weighted by Crippen LogP contribution is -2.24. The van der Waals surface area contributed by atoms with Crippen LogP contribution >= 0.6 is 0 Å². The molecule has 0 atom stereocenters. The molecule has 0 aromatic heterocycles. The van der Waals surface area contributed by atoms with Crippen molar-refractivity contribution >= 4 is 12.2 Å². The predicted octanol–water partition coefficient (Wildman–Crippen LogP) is 0.697. The maximum Gasteiger partial charge on any atom is 0.332 e. The number of nitrogens with one attached hydrogen (secondary N) is 1. The van der Waals surface area contributed by atoms with E-state index in [9.17, 15) is 4.79 Å². The summed E-state index contributed by atoms with van der Waals surface area (Å²) in [7, 11) is 1.56. The number of ether oxygens (including phenoxy) is 1. The maximum atomic E-state index is 10.3. The summed E-state index contributed by atoms with van der Waals surface area (Å²) >= 11 is 0. The van der Waals surface area contributed by atoms with Crippen LogP contribution in [0.1, 0.15) is 5.56 Å². The van der Waals surface area contributed by atoms with Gasteiger partial charge in [0.1, 0.15) is 5.75 Å². The molecule has 0 saturated carbocycles. The van der Waals surface area contributed by atoms with E-state index >= 15 is 0 Å². The van der Waals surface area contributed by atoms with Crippen LogP contribution in [-0.4, -0.2) is 19.4 Å². The van der Waals surface area contributed by atoms with Gasteiger partial charge in [-0.25, -0.2) is 10.2 Å². The average Bonchev–Trinajstić information content (AvgIpc) is 2.18. The Bertz CT molecular complexity index is 350. The standard InChI is InChI=1S/C9H11N3O2/c1-14-8-5-3-2-4-7(8)6-11-12-9(10)13/h2-6H,1H3,(H3,10,12,13). The molecule has 14 heavy (non-hydrogen) atoms. The molecule has 0 unspecified atom stereocenters. The first-order valence-electron chi connectivity index (χ1n) is 3.95. The van der Waals surface area contributed by atoms with E-state index in [1.807, 2.05) is 18.2 Å². The number of hydrogen-bond donors (Lipinski definition) is 2. The first-order chi connectivity index (χ1) is 6.74. The number of benzene rings is 1. The van der Waals surface area contributed by atoms with E-state index in [4.69, 9.17) is 10.5 Å². The molecule has 0 radical (unpaired) electrons. The molecule has 74 valence electrons. The minimum atomic E-state index is -0.698. The van der Waals surface area contributed by atoms with Gasteiger partial charge in [0.2, 0.25) is 0 Å². The van der Waals surface area contributed by atoms with E-state index in [2.05, 4.69) is 10.5 Å². The van der Waals surface area contributed by atoms with E-state index in [0.717, 1.165) is 5.56 Å². The van der Waals surface area contributed by atoms with E-state index in [1.54, 1.807) is 13.2 Å². The van der Waals surface area contributed by atoms with Crippen molar-refractivity contribution in [1.82, 2.24) is 5.43 Å². The molecule has 5 heteroatoms. The lowest BCUT2D eigenvalue weighted by Gasteiger charge is -2.02. The van der Waals surface area contributed by atoms with Crippen LogP contribution in [0.15, 0.2) is 29.4 Å². The van der Waals surface area contributed by atoms with Gasteiger partial charge in [0.25, 0.3) is 0 Å². The molecule has 2 amide bonds. The summed E-state index contributed by atoms with van der Waals surface area (Å²) in [4.78, 5) is 10.3. The molecule has 0 fully saturated rings. The second-order valence-corrected chi connectivity index (χ2v) is 2.48. The Morgan fingerprint density at radius 2 is 2.29 bits per heavy atom. The zero-order chi connectivity index (χ0) is 10.4. The molecule has 0 aliphatic heterocycles. The van der Waals surface area contributed by atoms with Gasteiger partial charge in [0, 0.05) is 5.56 Å². The summed E-state index contributed by atoms with van der Waals surface area (Å²) in [5, 5.41) is 3.62. The van der Waals surface area contributed by atoms with Gasteiger partial charge in [-0.15, -0.1) is 0 Å². The van der Waals surface area contributed by atoms with Gasteiger partial charge in [0.15, 0.2) is 0 Å². The Labute approximate surface area is 81.6 Å². The van der Waals surface area contributed by atoms with Crippen molar-refractivity contribution in [2.45, 2.75) is 0 Å². The van der Waals surface area contributed by atoms with Crippen LogP contribution in [-0.2, 0) is 0 Å². The third kappa shape index (κ3) is 2.78. The molecular formula is C9H11N3O2. The molecular weight excluding hydrogens is 182 g/mol. The number of nitrogens with two attached hydrogens (primary N) is 1. The Hall–Kier alpha value is -2.04. The molecule has 1 aromatic rings. The number of carbonyl (C=O) groups is 1. The molecule has 0 saturated heterocycles. The van der Waals surface area contributed by atoms with Crippen LogP contribution in [0.5, 0.6) is 5.75 Å². The van der Waals surface area contributed by atoms with Gasteiger partial charge in [0.05, 0.1) is 13.3 Å². The van der Waals surface area contributed by atoms with Crippen LogP contribution in [0, 0.1) is 0 Å². The predicted molar refractivity (Wildman–Crippen MR) is 53.3 cm³/mol. The van der Waals surface area contributed by atoms with Crippen molar-refractivity contribution in [1.29, 1.82) is 0 Å². The van der Waals surface area contributed by atoms with Gasteiger partial charge in [-0.05, 0) is 12.1 Å². The van der Waals surface area contributed by atoms with Gasteiger partial charge < -0.3 is 10.5 Å². The molecule has 0 aliphatic carbocycles. The molecule has 1 rings (SSSR count). The molecule has 0 bridgehead atoms. The maximum absolute atomic E-state index is 10.3. The number of amides is 2. The molecule has 0 aliphatic rings. The third-order valence-electron chi connectivity index (χ3n) is 1.52. The highest BCUT2D eigenvalue weighted by molar-refractivity contribution is 5.84. The van der Waals surface area contributed by atoms with Crippen molar-refractivity contribution in [3.05, 3.63) is 29.8 Å². The summed E-state index contributed by atoms with van der Waals surface area (Å²) in [6, 6.07) is 6.60. The quantitative estimate of drug-likeness (QED) is 0.547. The Morgan fingerprint density at radius 3 is 2.93 bits per heavy atom. The number of hydrazone groups is 1. The Balaban J connectivity index is 2.75. The third-order valence-corrected chi connectivity index (χ3v) is 1.52. The zero-order valence-electron chi connectivity index (χ0n) is 7.73. The van der Waals surface area contributed by atoms with Gasteiger partial charge in [-0.1, -0.05) is 12.1 Å². The number of hydrogen-bond acceptors (Lipinski definition) is 3. The molecule has 0 heterocycles. The van der Waals surface area contributed by atoms with Crippen LogP contribution in [0.3, 0.4) is 0 Å². The van der Waals surface area contributed by atoms with Crippen molar-refractivity contribution < 1.29 is 9.53 Å². The lowest BCUT2D eigenvalue weighted by molar-refractivity contribution is 0.249. The number of para-hydroxylation sites is 1. The monoisotopic (exact) mass is 193 g/mol. The number of nitrogens with zero attached hydrogens (tertiary/aromatic N) is 1. The summed E-state index contributed by atoms with van der Waals surface area (Å²) in [6.07, 6.45) is 1.46. The summed E-state index contributed by atoms with van der Waals surface area (Å²) in [5.41, 5.74) is 7.70. The first-order valence-corrected chi connectivity index (χ1v) is 3.95. The van der Waals surface area contributed by atoms with E-state index < -0.39 is 6.03 Å². The van der Waals surface area contributed by atoms with Crippen molar-refractivity contribution in [2.24, 2.45) is 10.8 Å². The highest BCUT2D eigenvalue weighted by atomic mass is 16.5. The minimum absolute atomic E-state index is 0.683. The SMILES string of the molecule is COc1ccccc1C=NNC(N)=O. The van der Waals surface area contributed by atoms with Crippen molar-refractivity contribution in [3.8, 4) is 5.75 Å². The molecule has 1 aromatic carbocycles. The van der Waals surface area contributed by atoms with Crippen LogP contribution in [0.25, 0.3) is 0 Å². The Kier molecular flexibility index (Phi) is 3.49. The number of urea groups is 1. The van der Waals surface area contributed by atoms with E-state index in [0.29, 0.717) is 5.75 Å². The second-order valence-electron chi connectivity index (χ2n) is 2.48. The summed E-state index contributed by atoms with van der Waals surface area (Å²) in [5.74, 6) is 0.683. The van der Waals surface area contributed by atoms with Crippen molar-refractivity contribution in [2.75, 3.05) is 7.11 Å². The topological polar surface area (TPSA) is 76.7 Å². The van der Waals surface area contributed by atoms with Crippen LogP contribution in [0.2, 0.25) is 0 Å². The number of primary amides is 1. The normalized spacial score (nSPS) is 10.1. The van der Waals surface area contributed by atoms with Gasteiger partial charge in [-0.3, -0.25) is 0 Å². The average molecular weight is 193 g/mol. The number of carbonyl (C=O) groups excluding carboxylic acids is 1. The minimum Gasteiger partial charge on any atom is -0.496 e. The fourth-order valence-corrected chi connectivity index (χ4v) is 0.939. The van der Waals surface area contributed by atoms with E-state index in [1.165, 1.54) is 6.21 Å². The smallest absolute Gasteiger partial charge is 0.332 e. The first kappa shape index (κ1) is 10.0. The lowest BCUT2D eigenvalue weighted by atomic mass is 10.2. The van der Waals surface area contributed by atoms with Crippen LogP contribution < -0.4 is 15.9 Å². The fourth-order valence-electron chi connectivity index (χ4n) is 0.939. The fraction of sp³-hybridized carbons (Fsp3) is 0.111. The summed E-state index contributed by atoms with van der Waals surface area (Å²) < 4.78 is 5.07. The Morgan fingerprint density at radius 1 is 1.57 bits per heavy atom. The molecule has 3 N–H and O–H groups in total. The van der Waals surface area contributed by atoms with Gasteiger partial charge in [-0.2, -0.15) is 5.10 Å². The van der Waals surface area contributed by atoms with E-state index in [-0.39, 0.29) is 0 Å². The highest BCUT2D eigenvalue weighted by Crippen LogP contribution is 2.14.